The molecule has 4 aromatic rings. The molecule has 0 spiro atoms. The van der Waals surface area contributed by atoms with Gasteiger partial charge in [0.05, 0.1) is 17.9 Å². The fourth-order valence-corrected chi connectivity index (χ4v) is 4.40. The van der Waals surface area contributed by atoms with E-state index < -0.39 is 0 Å². The molecular weight excluding hydrogens is 430 g/mol. The van der Waals surface area contributed by atoms with Gasteiger partial charge < -0.3 is 21.0 Å². The molecule has 0 amide bonds. The van der Waals surface area contributed by atoms with Crippen molar-refractivity contribution >= 4 is 22.8 Å². The van der Waals surface area contributed by atoms with Crippen LogP contribution in [0.2, 0.25) is 0 Å². The van der Waals surface area contributed by atoms with Crippen molar-refractivity contribution in [2.45, 2.75) is 26.3 Å². The van der Waals surface area contributed by atoms with Crippen LogP contribution < -0.4 is 11.1 Å². The molecule has 34 heavy (non-hydrogen) atoms. The average Bonchev–Trinajstić information content (AvgIpc) is 3.11. The highest BCUT2D eigenvalue weighted by molar-refractivity contribution is 6.05. The molecule has 0 aliphatic rings. The number of aromatic nitrogens is 1. The maximum Gasteiger partial charge on any atom is 0.157 e. The van der Waals surface area contributed by atoms with E-state index in [1.807, 2.05) is 41.8 Å². The summed E-state index contributed by atoms with van der Waals surface area (Å²) in [6, 6.07) is 19.6. The minimum Gasteiger partial charge on any atom is -0.398 e. The Hall–Kier alpha value is -3.51. The van der Waals surface area contributed by atoms with Crippen LogP contribution in [0.25, 0.3) is 22.2 Å². The molecule has 0 aliphatic carbocycles. The molecule has 1 aromatic heterocycles. The maximum atomic E-state index is 16.0. The summed E-state index contributed by atoms with van der Waals surface area (Å²) in [5.74, 6) is -0.355. The Labute approximate surface area is 198 Å². The van der Waals surface area contributed by atoms with E-state index in [1.54, 1.807) is 6.07 Å². The zero-order valence-electron chi connectivity index (χ0n) is 19.4. The molecule has 0 saturated carbocycles. The summed E-state index contributed by atoms with van der Waals surface area (Å²) >= 11 is 0. The summed E-state index contributed by atoms with van der Waals surface area (Å²) in [4.78, 5) is 0. The van der Waals surface area contributed by atoms with Crippen LogP contribution in [0.4, 0.5) is 14.5 Å². The molecule has 0 aliphatic heterocycles. The first kappa shape index (κ1) is 23.6. The Morgan fingerprint density at radius 1 is 1.00 bits per heavy atom. The molecule has 0 radical (unpaired) electrons. The number of nitrogens with zero attached hydrogens (tertiary/aromatic N) is 1. The molecular formula is C28H30F2N4. The van der Waals surface area contributed by atoms with E-state index in [4.69, 9.17) is 11.1 Å². The lowest BCUT2D eigenvalue weighted by Crippen LogP contribution is -2.18. The summed E-state index contributed by atoms with van der Waals surface area (Å²) < 4.78 is 30.2. The molecule has 0 bridgehead atoms. The number of hydrogen-bond acceptors (Lipinski definition) is 3. The van der Waals surface area contributed by atoms with Crippen molar-refractivity contribution in [1.82, 2.24) is 9.88 Å². The van der Waals surface area contributed by atoms with Crippen LogP contribution in [-0.2, 0) is 13.0 Å². The number of hydrogen-bond donors (Lipinski definition) is 3. The minimum atomic E-state index is -0.355. The normalized spacial score (nSPS) is 11.3. The number of nitrogens with one attached hydrogen (secondary N) is 2. The van der Waals surface area contributed by atoms with E-state index in [-0.39, 0.29) is 12.5 Å². The molecule has 3 aromatic carbocycles. The molecule has 0 fully saturated rings. The Morgan fingerprint density at radius 2 is 1.74 bits per heavy atom. The highest BCUT2D eigenvalue weighted by atomic mass is 19.1. The predicted molar refractivity (Wildman–Crippen MR) is 137 cm³/mol. The quantitative estimate of drug-likeness (QED) is 0.157. The molecule has 6 heteroatoms. The lowest BCUT2D eigenvalue weighted by atomic mass is 10.0. The molecule has 1 heterocycles. The van der Waals surface area contributed by atoms with Gasteiger partial charge in [0.25, 0.3) is 0 Å². The van der Waals surface area contributed by atoms with Crippen molar-refractivity contribution in [2.75, 3.05) is 25.5 Å². The highest BCUT2D eigenvalue weighted by Gasteiger charge is 2.23. The summed E-state index contributed by atoms with van der Waals surface area (Å²) in [6.07, 6.45) is 2.53. The van der Waals surface area contributed by atoms with E-state index >= 15 is 4.39 Å². The Morgan fingerprint density at radius 3 is 2.44 bits per heavy atom. The van der Waals surface area contributed by atoms with Crippen molar-refractivity contribution in [3.05, 3.63) is 88.7 Å². The SMILES string of the molecule is Cc1ccccc1-c1c(F)c2c(C=N)c(N)ccc2n1Cc1ccc(CCNCCCF)cc1. The van der Waals surface area contributed by atoms with E-state index in [9.17, 15) is 4.39 Å². The van der Waals surface area contributed by atoms with Crippen LogP contribution in [-0.4, -0.2) is 30.5 Å². The number of alkyl halides is 1. The Bertz CT molecular complexity index is 1290. The number of nitrogens with two attached hydrogens (primary N) is 1. The number of halogens is 2. The lowest BCUT2D eigenvalue weighted by Gasteiger charge is -2.14. The highest BCUT2D eigenvalue weighted by Crippen LogP contribution is 2.37. The maximum absolute atomic E-state index is 16.0. The number of fused-ring (bicyclic) bond motifs is 1. The van der Waals surface area contributed by atoms with Crippen LogP contribution in [0.1, 0.15) is 28.7 Å². The molecule has 4 rings (SSSR count). The van der Waals surface area contributed by atoms with Crippen LogP contribution in [0.3, 0.4) is 0 Å². The monoisotopic (exact) mass is 460 g/mol. The summed E-state index contributed by atoms with van der Waals surface area (Å²) in [6.45, 7) is 3.65. The second-order valence-electron chi connectivity index (χ2n) is 8.53. The first-order valence-corrected chi connectivity index (χ1v) is 11.6. The lowest BCUT2D eigenvalue weighted by molar-refractivity contribution is 0.460. The predicted octanol–water partition coefficient (Wildman–Crippen LogP) is 5.88. The minimum absolute atomic E-state index is 0.297. The van der Waals surface area contributed by atoms with E-state index in [2.05, 4.69) is 29.6 Å². The fraction of sp³-hybridized carbons (Fsp3) is 0.250. The van der Waals surface area contributed by atoms with Gasteiger partial charge in [-0.05, 0) is 61.7 Å². The largest absolute Gasteiger partial charge is 0.398 e. The van der Waals surface area contributed by atoms with Gasteiger partial charge in [0.15, 0.2) is 5.82 Å². The van der Waals surface area contributed by atoms with E-state index in [1.165, 1.54) is 5.56 Å². The van der Waals surface area contributed by atoms with Crippen LogP contribution in [0, 0.1) is 18.2 Å². The molecule has 4 N–H and O–H groups in total. The van der Waals surface area contributed by atoms with Crippen molar-refractivity contribution < 1.29 is 8.78 Å². The number of anilines is 1. The molecule has 176 valence electrons. The standard InChI is InChI=1S/C28H30F2N4/c1-19-5-2-3-6-22(19)28-27(30)26-23(17-31)24(32)11-12-25(26)34(28)18-21-9-7-20(8-10-21)13-16-33-15-4-14-29/h2-3,5-12,17,31,33H,4,13-16,18,32H2,1H3. The summed E-state index contributed by atoms with van der Waals surface area (Å²) in [5, 5.41) is 11.4. The Kier molecular flexibility index (Phi) is 7.38. The first-order valence-electron chi connectivity index (χ1n) is 11.6. The van der Waals surface area contributed by atoms with Crippen molar-refractivity contribution in [3.63, 3.8) is 0 Å². The topological polar surface area (TPSA) is 66.8 Å². The van der Waals surface area contributed by atoms with Gasteiger partial charge in [-0.2, -0.15) is 0 Å². The number of rotatable bonds is 10. The fourth-order valence-electron chi connectivity index (χ4n) is 4.40. The second-order valence-corrected chi connectivity index (χ2v) is 8.53. The zero-order chi connectivity index (χ0) is 24.1. The smallest absolute Gasteiger partial charge is 0.157 e. The average molecular weight is 461 g/mol. The molecule has 0 saturated heterocycles. The van der Waals surface area contributed by atoms with E-state index in [0.29, 0.717) is 47.4 Å². The third-order valence-corrected chi connectivity index (χ3v) is 6.23. The van der Waals surface area contributed by atoms with Crippen LogP contribution in [0.15, 0.2) is 60.7 Å². The number of aryl methyl sites for hydroxylation is 1. The summed E-state index contributed by atoms with van der Waals surface area (Å²) in [5.41, 5.74) is 12.1. The Balaban J connectivity index is 1.71. The number of benzene rings is 3. The van der Waals surface area contributed by atoms with Crippen LogP contribution in [0.5, 0.6) is 0 Å². The summed E-state index contributed by atoms with van der Waals surface area (Å²) in [7, 11) is 0. The van der Waals surface area contributed by atoms with Gasteiger partial charge in [-0.1, -0.05) is 48.5 Å². The second kappa shape index (κ2) is 10.6. The third kappa shape index (κ3) is 4.73. The van der Waals surface area contributed by atoms with Gasteiger partial charge in [-0.15, -0.1) is 0 Å². The zero-order valence-corrected chi connectivity index (χ0v) is 19.4. The number of nitrogen functional groups attached to an aromatic ring is 1. The molecule has 0 unspecified atom stereocenters. The van der Waals surface area contributed by atoms with Gasteiger partial charge in [0.2, 0.25) is 0 Å². The third-order valence-electron chi connectivity index (χ3n) is 6.23. The van der Waals surface area contributed by atoms with Gasteiger partial charge >= 0.3 is 0 Å². The van der Waals surface area contributed by atoms with Gasteiger partial charge in [0, 0.05) is 35.0 Å². The van der Waals surface area contributed by atoms with Gasteiger partial charge in [-0.3, -0.25) is 4.39 Å². The van der Waals surface area contributed by atoms with Gasteiger partial charge in [-0.25, -0.2) is 4.39 Å². The molecule has 0 atom stereocenters. The molecule has 4 nitrogen and oxygen atoms in total. The van der Waals surface area contributed by atoms with Crippen molar-refractivity contribution in [1.29, 1.82) is 5.41 Å². The van der Waals surface area contributed by atoms with E-state index in [0.717, 1.165) is 35.9 Å². The first-order chi connectivity index (χ1) is 16.5. The van der Waals surface area contributed by atoms with Crippen molar-refractivity contribution in [2.24, 2.45) is 0 Å². The van der Waals surface area contributed by atoms with Gasteiger partial charge in [0.1, 0.15) is 0 Å². The van der Waals surface area contributed by atoms with Crippen molar-refractivity contribution in [3.8, 4) is 11.3 Å². The van der Waals surface area contributed by atoms with Crippen LogP contribution >= 0.6 is 0 Å².